The Hall–Kier alpha value is -1.85. The lowest BCUT2D eigenvalue weighted by Gasteiger charge is -2.18. The number of esters is 3. The highest BCUT2D eigenvalue weighted by molar-refractivity contribution is 5.71. The van der Waals surface area contributed by atoms with Gasteiger partial charge < -0.3 is 14.2 Å². The van der Waals surface area contributed by atoms with Crippen molar-refractivity contribution >= 4 is 17.9 Å². The van der Waals surface area contributed by atoms with E-state index in [4.69, 9.17) is 14.2 Å². The van der Waals surface area contributed by atoms with E-state index in [0.29, 0.717) is 19.3 Å². The standard InChI is InChI=1S/C63H120O6/c1-4-7-10-13-16-19-21-23-25-27-29-30-31-32-34-35-37-39-41-44-47-50-53-56-62(65)68-59-60(58-67-61(64)55-52-49-46-43-18-15-12-9-6-3)69-63(66)57-54-51-48-45-42-40-38-36-33-28-26-24-22-20-17-14-11-8-5-2/h24,26,60H,4-23,25,27-59H2,1-3H3/b26-24-. The molecule has 69 heavy (non-hydrogen) atoms. The van der Waals surface area contributed by atoms with Crippen LogP contribution in [0.15, 0.2) is 12.2 Å². The highest BCUT2D eigenvalue weighted by Gasteiger charge is 2.19. The van der Waals surface area contributed by atoms with Crippen molar-refractivity contribution in [2.75, 3.05) is 13.2 Å². The molecule has 6 heteroatoms. The van der Waals surface area contributed by atoms with E-state index in [1.54, 1.807) is 0 Å². The summed E-state index contributed by atoms with van der Waals surface area (Å²) in [5, 5.41) is 0. The number of unbranched alkanes of at least 4 members (excludes halogenated alkanes) is 45. The SMILES string of the molecule is CCCCCCCC/C=C\CCCCCCCCCCCC(=O)OC(COC(=O)CCCCCCCCCCC)COC(=O)CCCCCCCCCCCCCCCCCCCCCCCCC. The number of allylic oxidation sites excluding steroid dienone is 2. The van der Waals surface area contributed by atoms with Crippen LogP contribution in [-0.4, -0.2) is 37.2 Å². The predicted octanol–water partition coefficient (Wildman–Crippen LogP) is 20.9. The topological polar surface area (TPSA) is 78.9 Å². The third-order valence-corrected chi connectivity index (χ3v) is 14.3. The normalized spacial score (nSPS) is 12.0. The number of carbonyl (C=O) groups excluding carboxylic acids is 3. The number of rotatable bonds is 58. The van der Waals surface area contributed by atoms with Gasteiger partial charge in [0, 0.05) is 19.3 Å². The van der Waals surface area contributed by atoms with Crippen LogP contribution in [0.25, 0.3) is 0 Å². The molecule has 0 aliphatic carbocycles. The molecule has 0 aromatic heterocycles. The van der Waals surface area contributed by atoms with Gasteiger partial charge in [-0.1, -0.05) is 303 Å². The number of carbonyl (C=O) groups is 3. The average Bonchev–Trinajstić information content (AvgIpc) is 3.35. The lowest BCUT2D eigenvalue weighted by Crippen LogP contribution is -2.30. The van der Waals surface area contributed by atoms with Gasteiger partial charge in [0.05, 0.1) is 0 Å². The molecule has 1 unspecified atom stereocenters. The number of hydrogen-bond acceptors (Lipinski definition) is 6. The van der Waals surface area contributed by atoms with Crippen LogP contribution in [0.1, 0.15) is 355 Å². The minimum atomic E-state index is -0.765. The third-order valence-electron chi connectivity index (χ3n) is 14.3. The maximum absolute atomic E-state index is 12.9. The second-order valence-electron chi connectivity index (χ2n) is 21.3. The van der Waals surface area contributed by atoms with E-state index >= 15 is 0 Å². The molecular formula is C63H120O6. The highest BCUT2D eigenvalue weighted by atomic mass is 16.6. The zero-order chi connectivity index (χ0) is 50.0. The molecule has 0 bridgehead atoms. The van der Waals surface area contributed by atoms with Crippen LogP contribution in [0, 0.1) is 0 Å². The number of ether oxygens (including phenoxy) is 3. The molecule has 0 heterocycles. The van der Waals surface area contributed by atoms with Crippen LogP contribution in [0.3, 0.4) is 0 Å². The molecule has 0 aromatic rings. The first-order valence-electron chi connectivity index (χ1n) is 31.2. The van der Waals surface area contributed by atoms with Crippen molar-refractivity contribution in [2.45, 2.75) is 361 Å². The van der Waals surface area contributed by atoms with Crippen molar-refractivity contribution in [2.24, 2.45) is 0 Å². The largest absolute Gasteiger partial charge is 0.462 e. The second kappa shape index (κ2) is 58.7. The van der Waals surface area contributed by atoms with E-state index in [1.165, 1.54) is 257 Å². The summed E-state index contributed by atoms with van der Waals surface area (Å²) in [7, 11) is 0. The van der Waals surface area contributed by atoms with Crippen molar-refractivity contribution in [3.05, 3.63) is 12.2 Å². The monoisotopic (exact) mass is 973 g/mol. The van der Waals surface area contributed by atoms with Gasteiger partial charge in [0.25, 0.3) is 0 Å². The van der Waals surface area contributed by atoms with Crippen molar-refractivity contribution in [1.82, 2.24) is 0 Å². The van der Waals surface area contributed by atoms with Crippen molar-refractivity contribution in [3.8, 4) is 0 Å². The molecule has 408 valence electrons. The molecule has 0 amide bonds. The first-order chi connectivity index (χ1) is 34.0. The van der Waals surface area contributed by atoms with E-state index < -0.39 is 6.10 Å². The zero-order valence-electron chi connectivity index (χ0n) is 46.9. The van der Waals surface area contributed by atoms with E-state index in [0.717, 1.165) is 57.8 Å². The van der Waals surface area contributed by atoms with Gasteiger partial charge in [0.15, 0.2) is 6.10 Å². The Kier molecular flexibility index (Phi) is 57.1. The first-order valence-corrected chi connectivity index (χ1v) is 31.2. The van der Waals surface area contributed by atoms with Gasteiger partial charge in [0.2, 0.25) is 0 Å². The molecular weight excluding hydrogens is 853 g/mol. The fraction of sp³-hybridized carbons (Fsp3) is 0.921. The third kappa shape index (κ3) is 56.9. The second-order valence-corrected chi connectivity index (χ2v) is 21.3. The predicted molar refractivity (Wildman–Crippen MR) is 298 cm³/mol. The summed E-state index contributed by atoms with van der Waals surface area (Å²) in [6, 6.07) is 0. The summed E-state index contributed by atoms with van der Waals surface area (Å²) < 4.78 is 16.9. The summed E-state index contributed by atoms with van der Waals surface area (Å²) in [5.74, 6) is -0.843. The van der Waals surface area contributed by atoms with Gasteiger partial charge in [-0.2, -0.15) is 0 Å². The maximum Gasteiger partial charge on any atom is 0.306 e. The lowest BCUT2D eigenvalue weighted by atomic mass is 10.0. The van der Waals surface area contributed by atoms with Gasteiger partial charge in [0.1, 0.15) is 13.2 Å². The van der Waals surface area contributed by atoms with E-state index in [1.807, 2.05) is 0 Å². The Morgan fingerprint density at radius 3 is 0.725 bits per heavy atom. The molecule has 0 spiro atoms. The maximum atomic E-state index is 12.9. The van der Waals surface area contributed by atoms with Gasteiger partial charge in [-0.3, -0.25) is 14.4 Å². The molecule has 0 aliphatic rings. The quantitative estimate of drug-likeness (QED) is 0.0261. The molecule has 1 atom stereocenters. The van der Waals surface area contributed by atoms with Gasteiger partial charge in [-0.25, -0.2) is 0 Å². The van der Waals surface area contributed by atoms with E-state index in [9.17, 15) is 14.4 Å². The molecule has 0 saturated heterocycles. The minimum absolute atomic E-state index is 0.0648. The molecule has 0 aromatic carbocycles. The van der Waals surface area contributed by atoms with Gasteiger partial charge in [-0.15, -0.1) is 0 Å². The van der Waals surface area contributed by atoms with Crippen LogP contribution in [0.5, 0.6) is 0 Å². The van der Waals surface area contributed by atoms with Crippen LogP contribution in [0.2, 0.25) is 0 Å². The fourth-order valence-electron chi connectivity index (χ4n) is 9.56. The Balaban J connectivity index is 4.16. The molecule has 0 N–H and O–H groups in total. The molecule has 0 aliphatic heterocycles. The van der Waals surface area contributed by atoms with E-state index in [2.05, 4.69) is 32.9 Å². The summed E-state index contributed by atoms with van der Waals surface area (Å²) in [4.78, 5) is 38.1. The minimum Gasteiger partial charge on any atom is -0.462 e. The molecule has 0 saturated carbocycles. The molecule has 0 rings (SSSR count). The Labute approximate surface area is 431 Å². The van der Waals surface area contributed by atoms with Gasteiger partial charge >= 0.3 is 17.9 Å². The summed E-state index contributed by atoms with van der Waals surface area (Å²) in [5.41, 5.74) is 0. The summed E-state index contributed by atoms with van der Waals surface area (Å²) in [6.07, 6.45) is 68.0. The van der Waals surface area contributed by atoms with Gasteiger partial charge in [-0.05, 0) is 44.9 Å². The Bertz CT molecular complexity index is 1070. The zero-order valence-corrected chi connectivity index (χ0v) is 46.9. The smallest absolute Gasteiger partial charge is 0.306 e. The van der Waals surface area contributed by atoms with Crippen LogP contribution < -0.4 is 0 Å². The van der Waals surface area contributed by atoms with Crippen molar-refractivity contribution in [1.29, 1.82) is 0 Å². The van der Waals surface area contributed by atoms with Crippen LogP contribution in [0.4, 0.5) is 0 Å². The summed E-state index contributed by atoms with van der Waals surface area (Å²) >= 11 is 0. The van der Waals surface area contributed by atoms with Crippen LogP contribution >= 0.6 is 0 Å². The highest BCUT2D eigenvalue weighted by Crippen LogP contribution is 2.18. The average molecular weight is 974 g/mol. The number of hydrogen-bond donors (Lipinski definition) is 0. The Morgan fingerprint density at radius 2 is 0.478 bits per heavy atom. The van der Waals surface area contributed by atoms with E-state index in [-0.39, 0.29) is 31.1 Å². The molecule has 0 radical (unpaired) electrons. The molecule has 0 fully saturated rings. The van der Waals surface area contributed by atoms with Crippen LogP contribution in [-0.2, 0) is 28.6 Å². The Morgan fingerprint density at radius 1 is 0.275 bits per heavy atom. The molecule has 6 nitrogen and oxygen atoms in total. The van der Waals surface area contributed by atoms with Crippen molar-refractivity contribution < 1.29 is 28.6 Å². The first kappa shape index (κ1) is 67.1. The lowest BCUT2D eigenvalue weighted by molar-refractivity contribution is -0.167. The summed E-state index contributed by atoms with van der Waals surface area (Å²) in [6.45, 7) is 6.68. The fourth-order valence-corrected chi connectivity index (χ4v) is 9.56. The van der Waals surface area contributed by atoms with Crippen molar-refractivity contribution in [3.63, 3.8) is 0 Å².